The zero-order valence-electron chi connectivity index (χ0n) is 17.7. The lowest BCUT2D eigenvalue weighted by Gasteiger charge is -2.29. The van der Waals surface area contributed by atoms with E-state index in [0.717, 1.165) is 16.8 Å². The number of pyridine rings is 1. The molecule has 1 aliphatic heterocycles. The first-order valence-electron chi connectivity index (χ1n) is 10.4. The van der Waals surface area contributed by atoms with E-state index in [-0.39, 0.29) is 30.6 Å². The van der Waals surface area contributed by atoms with Gasteiger partial charge in [0.2, 0.25) is 5.91 Å². The monoisotopic (exact) mass is 415 g/mol. The molecule has 7 heteroatoms. The van der Waals surface area contributed by atoms with Crippen molar-refractivity contribution in [1.82, 2.24) is 20.2 Å². The first-order valence-corrected chi connectivity index (χ1v) is 10.4. The van der Waals surface area contributed by atoms with Crippen molar-refractivity contribution in [3.8, 4) is 11.5 Å². The van der Waals surface area contributed by atoms with Crippen LogP contribution in [0.3, 0.4) is 0 Å². The second-order valence-corrected chi connectivity index (χ2v) is 7.70. The maximum absolute atomic E-state index is 13.1. The number of hydrogen-bond acceptors (Lipinski definition) is 5. The van der Waals surface area contributed by atoms with Gasteiger partial charge in [0.25, 0.3) is 0 Å². The van der Waals surface area contributed by atoms with Gasteiger partial charge in [0, 0.05) is 30.6 Å². The number of aromatic nitrogens is 4. The van der Waals surface area contributed by atoms with Gasteiger partial charge in [-0.15, -0.1) is 0 Å². The minimum Gasteiger partial charge on any atom is -0.305 e. The number of nitrogens with one attached hydrogen (secondary N) is 1. The lowest BCUT2D eigenvalue weighted by molar-refractivity contribution is -0.123. The molecule has 0 fully saturated rings. The topological polar surface area (TPSA) is 91.8 Å². The molecule has 0 aliphatic carbocycles. The number of allylic oxidation sites excluding steroid dienone is 2. The van der Waals surface area contributed by atoms with Crippen molar-refractivity contribution < 1.29 is 9.59 Å². The Labute approximate surface area is 181 Å². The number of H-pyrrole nitrogens is 1. The highest BCUT2D eigenvalue weighted by Crippen LogP contribution is 2.30. The largest absolute Gasteiger partial charge is 0.305 e. The van der Waals surface area contributed by atoms with Gasteiger partial charge < -0.3 is 4.90 Å². The van der Waals surface area contributed by atoms with E-state index in [1.807, 2.05) is 62.4 Å². The molecule has 7 nitrogen and oxygen atoms in total. The molecule has 4 rings (SSSR count). The summed E-state index contributed by atoms with van der Waals surface area (Å²) < 4.78 is 0. The molecule has 1 aromatic carbocycles. The van der Waals surface area contributed by atoms with Crippen molar-refractivity contribution >= 4 is 17.4 Å². The molecule has 3 heterocycles. The predicted octanol–water partition coefficient (Wildman–Crippen LogP) is 3.86. The lowest BCUT2D eigenvalue weighted by Crippen LogP contribution is -2.39. The average molecular weight is 415 g/mol. The normalized spacial score (nSPS) is 15.0. The summed E-state index contributed by atoms with van der Waals surface area (Å²) in [6.07, 6.45) is 5.05. The number of fused-ring (bicyclic) bond motifs is 1. The quantitative estimate of drug-likeness (QED) is 0.592. The second-order valence-electron chi connectivity index (χ2n) is 7.70. The van der Waals surface area contributed by atoms with Crippen LogP contribution in [0.1, 0.15) is 44.0 Å². The molecule has 3 aromatic rings. The first kappa shape index (κ1) is 20.7. The fourth-order valence-electron chi connectivity index (χ4n) is 3.85. The van der Waals surface area contributed by atoms with Crippen LogP contribution in [0.2, 0.25) is 0 Å². The highest BCUT2D eigenvalue weighted by molar-refractivity contribution is 6.01. The third-order valence-electron chi connectivity index (χ3n) is 5.69. The zero-order chi connectivity index (χ0) is 21.8. The molecular formula is C24H25N5O2. The van der Waals surface area contributed by atoms with Gasteiger partial charge in [-0.2, -0.15) is 5.10 Å². The van der Waals surface area contributed by atoms with E-state index in [1.54, 1.807) is 11.1 Å². The number of aryl methyl sites for hydroxylation is 1. The molecule has 1 amide bonds. The van der Waals surface area contributed by atoms with Crippen LogP contribution in [0, 0.1) is 0 Å². The minimum atomic E-state index is -0.238. The second kappa shape index (κ2) is 9.04. The van der Waals surface area contributed by atoms with Crippen LogP contribution in [0.25, 0.3) is 11.5 Å². The molecule has 0 bridgehead atoms. The third-order valence-corrected chi connectivity index (χ3v) is 5.69. The van der Waals surface area contributed by atoms with Gasteiger partial charge in [-0.1, -0.05) is 35.9 Å². The summed E-state index contributed by atoms with van der Waals surface area (Å²) in [5.74, 6) is 0.847. The molecule has 1 aliphatic rings. The van der Waals surface area contributed by atoms with Crippen molar-refractivity contribution in [3.63, 3.8) is 0 Å². The molecule has 0 spiro atoms. The molecule has 0 radical (unpaired) electrons. The maximum atomic E-state index is 13.1. The molecule has 1 N–H and O–H groups in total. The number of anilines is 1. The number of aromatic amines is 1. The Morgan fingerprint density at radius 3 is 2.77 bits per heavy atom. The zero-order valence-corrected chi connectivity index (χ0v) is 17.7. The summed E-state index contributed by atoms with van der Waals surface area (Å²) in [4.78, 5) is 36.1. The van der Waals surface area contributed by atoms with Gasteiger partial charge in [-0.3, -0.25) is 19.7 Å². The number of nitrogens with zero attached hydrogens (tertiary/aromatic N) is 4. The van der Waals surface area contributed by atoms with Crippen LogP contribution in [-0.2, 0) is 16.0 Å². The van der Waals surface area contributed by atoms with E-state index >= 15 is 0 Å². The van der Waals surface area contributed by atoms with Gasteiger partial charge in [-0.25, -0.2) is 4.98 Å². The summed E-state index contributed by atoms with van der Waals surface area (Å²) in [6, 6.07) is 13.3. The van der Waals surface area contributed by atoms with Crippen LogP contribution in [0.15, 0.2) is 60.3 Å². The van der Waals surface area contributed by atoms with Crippen molar-refractivity contribution in [2.24, 2.45) is 0 Å². The Morgan fingerprint density at radius 1 is 1.19 bits per heavy atom. The molecule has 1 atom stereocenters. The summed E-state index contributed by atoms with van der Waals surface area (Å²) in [5.41, 5.74) is 3.63. The summed E-state index contributed by atoms with van der Waals surface area (Å²) in [6.45, 7) is 3.97. The van der Waals surface area contributed by atoms with Crippen LogP contribution in [-0.4, -0.2) is 38.4 Å². The number of Topliss-reactive ketones (excluding diaryl/α,β-unsaturated/α-hetero) is 1. The van der Waals surface area contributed by atoms with Gasteiger partial charge in [0.15, 0.2) is 11.6 Å². The number of amides is 1. The molecule has 0 unspecified atom stereocenters. The van der Waals surface area contributed by atoms with E-state index in [2.05, 4.69) is 20.2 Å². The van der Waals surface area contributed by atoms with E-state index in [9.17, 15) is 9.59 Å². The SMILES string of the molecule is C/C=C(\C)[C@@H](CC(=O)CN1C(=O)CCc2ccccc21)c1nc(-c2ccccn2)n[nH]1. The number of rotatable bonds is 7. The predicted molar refractivity (Wildman–Crippen MR) is 119 cm³/mol. The molecule has 0 saturated heterocycles. The van der Waals surface area contributed by atoms with Gasteiger partial charge in [0.1, 0.15) is 11.5 Å². The van der Waals surface area contributed by atoms with Crippen molar-refractivity contribution in [2.75, 3.05) is 11.4 Å². The molecular weight excluding hydrogens is 390 g/mol. The number of benzene rings is 1. The van der Waals surface area contributed by atoms with E-state index < -0.39 is 0 Å². The van der Waals surface area contributed by atoms with Crippen LogP contribution in [0.5, 0.6) is 0 Å². The summed E-state index contributed by atoms with van der Waals surface area (Å²) in [5, 5.41) is 7.27. The number of hydrogen-bond donors (Lipinski definition) is 1. The molecule has 31 heavy (non-hydrogen) atoms. The molecule has 0 saturated carbocycles. The number of carbonyl (C=O) groups is 2. The van der Waals surface area contributed by atoms with E-state index in [4.69, 9.17) is 0 Å². The smallest absolute Gasteiger partial charge is 0.227 e. The minimum absolute atomic E-state index is 0.0107. The average Bonchev–Trinajstić information content (AvgIpc) is 3.29. The summed E-state index contributed by atoms with van der Waals surface area (Å²) in [7, 11) is 0. The summed E-state index contributed by atoms with van der Waals surface area (Å²) >= 11 is 0. The van der Waals surface area contributed by atoms with Crippen LogP contribution < -0.4 is 4.90 Å². The Balaban J connectivity index is 1.54. The molecule has 158 valence electrons. The van der Waals surface area contributed by atoms with Gasteiger partial charge in [-0.05, 0) is 44.0 Å². The highest BCUT2D eigenvalue weighted by Gasteiger charge is 2.28. The lowest BCUT2D eigenvalue weighted by atomic mass is 9.93. The standard InChI is InChI=1S/C24H25N5O2/c1-3-16(2)19(23-26-24(28-27-23)20-9-6-7-13-25-20)14-18(30)15-29-21-10-5-4-8-17(21)11-12-22(29)31/h3-10,13,19H,11-12,14-15H2,1-2H3,(H,26,27,28)/b16-3+/t19-/m1/s1. The Kier molecular flexibility index (Phi) is 6.02. The first-order chi connectivity index (χ1) is 15.1. The van der Waals surface area contributed by atoms with Crippen LogP contribution >= 0.6 is 0 Å². The Bertz CT molecular complexity index is 1120. The fraction of sp³-hybridized carbons (Fsp3) is 0.292. The van der Waals surface area contributed by atoms with E-state index in [1.165, 1.54) is 0 Å². The third kappa shape index (κ3) is 4.45. The number of ketones is 1. The van der Waals surface area contributed by atoms with Gasteiger partial charge in [0.05, 0.1) is 6.54 Å². The molecule has 2 aromatic heterocycles. The Hall–Kier alpha value is -3.61. The van der Waals surface area contributed by atoms with E-state index in [0.29, 0.717) is 30.2 Å². The number of carbonyl (C=O) groups excluding carboxylic acids is 2. The van der Waals surface area contributed by atoms with Crippen molar-refractivity contribution in [1.29, 1.82) is 0 Å². The van der Waals surface area contributed by atoms with Crippen molar-refractivity contribution in [2.45, 2.75) is 39.0 Å². The highest BCUT2D eigenvalue weighted by atomic mass is 16.2. The number of para-hydroxylation sites is 1. The fourth-order valence-corrected chi connectivity index (χ4v) is 3.85. The van der Waals surface area contributed by atoms with Crippen molar-refractivity contribution in [3.05, 3.63) is 71.7 Å². The maximum Gasteiger partial charge on any atom is 0.227 e. The van der Waals surface area contributed by atoms with Gasteiger partial charge >= 0.3 is 0 Å². The van der Waals surface area contributed by atoms with Crippen LogP contribution in [0.4, 0.5) is 5.69 Å². The Morgan fingerprint density at radius 2 is 2.00 bits per heavy atom.